The predicted octanol–water partition coefficient (Wildman–Crippen LogP) is 2.81. The van der Waals surface area contributed by atoms with E-state index in [1.807, 2.05) is 52.0 Å². The summed E-state index contributed by atoms with van der Waals surface area (Å²) in [5, 5.41) is 13.1. The van der Waals surface area contributed by atoms with Crippen molar-refractivity contribution in [2.24, 2.45) is 11.1 Å². The molecule has 8 nitrogen and oxygen atoms in total. The lowest BCUT2D eigenvalue weighted by molar-refractivity contribution is -0.141. The minimum atomic E-state index is -0.767. The summed E-state index contributed by atoms with van der Waals surface area (Å²) in [6, 6.07) is 7.56. The first-order chi connectivity index (χ1) is 15.5. The van der Waals surface area contributed by atoms with Crippen LogP contribution in [0.3, 0.4) is 0 Å². The summed E-state index contributed by atoms with van der Waals surface area (Å²) in [5.74, 6) is -0.647. The Hall–Kier alpha value is -3.28. The lowest BCUT2D eigenvalue weighted by Gasteiger charge is -2.32. The molecule has 0 unspecified atom stereocenters. The zero-order valence-corrected chi connectivity index (χ0v) is 19.4. The van der Waals surface area contributed by atoms with Crippen LogP contribution in [0.25, 0.3) is 16.0 Å². The zero-order chi connectivity index (χ0) is 24.3. The van der Waals surface area contributed by atoms with Crippen LogP contribution < -0.4 is 11.1 Å². The van der Waals surface area contributed by atoms with Crippen molar-refractivity contribution in [1.82, 2.24) is 15.2 Å². The topological polar surface area (TPSA) is 113 Å². The van der Waals surface area contributed by atoms with Crippen molar-refractivity contribution in [3.05, 3.63) is 59.7 Å². The smallest absolute Gasteiger partial charge is 0.243 e. The first-order valence-corrected chi connectivity index (χ1v) is 11.0. The number of aromatic nitrogens is 1. The first-order valence-electron chi connectivity index (χ1n) is 11.0. The van der Waals surface area contributed by atoms with E-state index in [0.29, 0.717) is 5.69 Å². The number of aliphatic hydroxyl groups excluding tert-OH is 1. The summed E-state index contributed by atoms with van der Waals surface area (Å²) < 4.78 is 0. The monoisotopic (exact) mass is 449 g/mol. The van der Waals surface area contributed by atoms with Crippen LogP contribution in [-0.2, 0) is 9.59 Å². The van der Waals surface area contributed by atoms with Crippen molar-refractivity contribution in [3.8, 4) is 11.1 Å². The molecule has 4 N–H and O–H groups in total. The van der Waals surface area contributed by atoms with Crippen molar-refractivity contribution >= 4 is 17.5 Å². The maximum Gasteiger partial charge on any atom is 0.243 e. The number of benzene rings is 1. The van der Waals surface area contributed by atoms with Crippen molar-refractivity contribution in [2.45, 2.75) is 58.3 Å². The molecule has 0 bridgehead atoms. The first kappa shape index (κ1) is 24.4. The van der Waals surface area contributed by atoms with Crippen molar-refractivity contribution in [1.29, 1.82) is 0 Å². The SMILES string of the molecule is [C-]#[N+]c1cnccc1-c1ccc([C@H](C)NC(=O)[C@@H]2C[C@@H](O)CN2C(=O)[C@@H](N)C(C)(C)C)cc1. The van der Waals surface area contributed by atoms with Gasteiger partial charge in [0.25, 0.3) is 0 Å². The molecule has 1 fully saturated rings. The van der Waals surface area contributed by atoms with Crippen LogP contribution in [0, 0.1) is 12.0 Å². The van der Waals surface area contributed by atoms with Gasteiger partial charge >= 0.3 is 0 Å². The average molecular weight is 450 g/mol. The van der Waals surface area contributed by atoms with Gasteiger partial charge in [0.15, 0.2) is 0 Å². The summed E-state index contributed by atoms with van der Waals surface area (Å²) in [6.45, 7) is 14.9. The molecule has 2 heterocycles. The lowest BCUT2D eigenvalue weighted by Crippen LogP contribution is -2.55. The Kier molecular flexibility index (Phi) is 7.15. The number of carbonyl (C=O) groups excluding carboxylic acids is 2. The van der Waals surface area contributed by atoms with Crippen LogP contribution in [0.1, 0.15) is 45.7 Å². The number of hydrogen-bond acceptors (Lipinski definition) is 5. The Labute approximate surface area is 194 Å². The van der Waals surface area contributed by atoms with Gasteiger partial charge in [0, 0.05) is 25.4 Å². The van der Waals surface area contributed by atoms with Gasteiger partial charge in [0.05, 0.1) is 24.8 Å². The van der Waals surface area contributed by atoms with E-state index in [2.05, 4.69) is 15.1 Å². The Balaban J connectivity index is 1.72. The number of likely N-dealkylation sites (tertiary alicyclic amines) is 1. The van der Waals surface area contributed by atoms with Gasteiger partial charge in [0.1, 0.15) is 6.04 Å². The summed E-state index contributed by atoms with van der Waals surface area (Å²) in [5.41, 5.74) is 8.72. The Bertz CT molecular complexity index is 1050. The number of hydrogen-bond donors (Lipinski definition) is 3. The van der Waals surface area contributed by atoms with E-state index in [0.717, 1.165) is 16.7 Å². The number of pyridine rings is 1. The molecule has 33 heavy (non-hydrogen) atoms. The number of nitrogens with two attached hydrogens (primary N) is 1. The Morgan fingerprint density at radius 2 is 1.94 bits per heavy atom. The van der Waals surface area contributed by atoms with E-state index in [4.69, 9.17) is 12.3 Å². The lowest BCUT2D eigenvalue weighted by atomic mass is 9.86. The van der Waals surface area contributed by atoms with Crippen LogP contribution in [-0.4, -0.2) is 51.5 Å². The predicted molar refractivity (Wildman–Crippen MR) is 126 cm³/mol. The third kappa shape index (κ3) is 5.38. The molecule has 174 valence electrons. The molecule has 1 aromatic carbocycles. The molecular weight excluding hydrogens is 418 g/mol. The Morgan fingerprint density at radius 1 is 1.27 bits per heavy atom. The third-order valence-electron chi connectivity index (χ3n) is 6.06. The zero-order valence-electron chi connectivity index (χ0n) is 19.4. The molecule has 0 radical (unpaired) electrons. The summed E-state index contributed by atoms with van der Waals surface area (Å²) in [7, 11) is 0. The number of carbonyl (C=O) groups is 2. The van der Waals surface area contributed by atoms with Gasteiger partial charge in [-0.1, -0.05) is 45.0 Å². The van der Waals surface area contributed by atoms with Crippen molar-refractivity contribution in [2.75, 3.05) is 6.54 Å². The fraction of sp³-hybridized carbons (Fsp3) is 0.440. The molecule has 1 aliphatic rings. The van der Waals surface area contributed by atoms with Crippen molar-refractivity contribution < 1.29 is 14.7 Å². The van der Waals surface area contributed by atoms with Gasteiger partial charge in [-0.2, -0.15) is 0 Å². The highest BCUT2D eigenvalue weighted by Crippen LogP contribution is 2.30. The van der Waals surface area contributed by atoms with Crippen LogP contribution in [0.4, 0.5) is 5.69 Å². The molecule has 1 aromatic heterocycles. The van der Waals surface area contributed by atoms with E-state index in [-0.39, 0.29) is 30.8 Å². The van der Waals surface area contributed by atoms with Crippen LogP contribution in [0.15, 0.2) is 42.7 Å². The van der Waals surface area contributed by atoms with Gasteiger partial charge < -0.3 is 21.1 Å². The molecule has 2 aromatic rings. The third-order valence-corrected chi connectivity index (χ3v) is 6.06. The number of nitrogens with one attached hydrogen (secondary N) is 1. The molecule has 4 atom stereocenters. The summed E-state index contributed by atoms with van der Waals surface area (Å²) in [6.07, 6.45) is 2.61. The van der Waals surface area contributed by atoms with E-state index < -0.39 is 23.6 Å². The van der Waals surface area contributed by atoms with Crippen molar-refractivity contribution in [3.63, 3.8) is 0 Å². The fourth-order valence-electron chi connectivity index (χ4n) is 3.92. The van der Waals surface area contributed by atoms with E-state index in [1.165, 1.54) is 11.1 Å². The number of nitrogens with zero attached hydrogens (tertiary/aromatic N) is 3. The van der Waals surface area contributed by atoms with Crippen LogP contribution in [0.2, 0.25) is 0 Å². The number of aliphatic hydroxyl groups is 1. The molecule has 1 aliphatic heterocycles. The summed E-state index contributed by atoms with van der Waals surface area (Å²) in [4.78, 5) is 34.9. The highest BCUT2D eigenvalue weighted by molar-refractivity contribution is 5.91. The van der Waals surface area contributed by atoms with E-state index in [9.17, 15) is 14.7 Å². The van der Waals surface area contributed by atoms with E-state index >= 15 is 0 Å². The molecular formula is C25H31N5O3. The minimum Gasteiger partial charge on any atom is -0.391 e. The molecule has 8 heteroatoms. The standard InChI is InChI=1S/C25H31N5O3/c1-15(16-6-8-17(9-7-16)19-10-11-28-13-20(19)27-5)29-23(32)21-12-18(31)14-30(21)24(33)22(26)25(2,3)4/h6-11,13,15,18,21-22,31H,12,14,26H2,1-4H3,(H,29,32)/t15-,18+,21-,22+/m0/s1. The highest BCUT2D eigenvalue weighted by atomic mass is 16.3. The summed E-state index contributed by atoms with van der Waals surface area (Å²) >= 11 is 0. The highest BCUT2D eigenvalue weighted by Gasteiger charge is 2.42. The fourth-order valence-corrected chi connectivity index (χ4v) is 3.92. The minimum absolute atomic E-state index is 0.0963. The number of β-amino-alcohol motifs (C(OH)–C–C–N with tert-alkyl or cyclic N) is 1. The number of rotatable bonds is 5. The maximum atomic E-state index is 13.0. The van der Waals surface area contributed by atoms with Gasteiger partial charge in [-0.05, 0) is 35.1 Å². The second-order valence-electron chi connectivity index (χ2n) is 9.60. The van der Waals surface area contributed by atoms with Crippen LogP contribution >= 0.6 is 0 Å². The molecule has 0 saturated carbocycles. The normalized spacial score (nSPS) is 20.1. The largest absolute Gasteiger partial charge is 0.391 e. The quantitative estimate of drug-likeness (QED) is 0.608. The van der Waals surface area contributed by atoms with Gasteiger partial charge in [0.2, 0.25) is 17.5 Å². The van der Waals surface area contributed by atoms with Gasteiger partial charge in [-0.25, -0.2) is 4.85 Å². The van der Waals surface area contributed by atoms with Gasteiger partial charge in [-0.3, -0.25) is 14.6 Å². The van der Waals surface area contributed by atoms with Gasteiger partial charge in [-0.15, -0.1) is 0 Å². The molecule has 2 amide bonds. The van der Waals surface area contributed by atoms with Crippen LogP contribution in [0.5, 0.6) is 0 Å². The maximum absolute atomic E-state index is 13.0. The second-order valence-corrected chi connectivity index (χ2v) is 9.60. The number of amides is 2. The average Bonchev–Trinajstić information content (AvgIpc) is 3.19. The van der Waals surface area contributed by atoms with E-state index in [1.54, 1.807) is 12.3 Å². The second kappa shape index (κ2) is 9.69. The molecule has 3 rings (SSSR count). The Morgan fingerprint density at radius 3 is 2.55 bits per heavy atom. The molecule has 0 aliphatic carbocycles. The molecule has 1 saturated heterocycles. The molecule has 0 spiro atoms.